The summed E-state index contributed by atoms with van der Waals surface area (Å²) in [5.74, 6) is -0.887. The average molecular weight is 327 g/mol. The Kier molecular flexibility index (Phi) is 4.42. The second-order valence-electron chi connectivity index (χ2n) is 4.51. The van der Waals surface area contributed by atoms with Gasteiger partial charge in [0.05, 0.1) is 6.42 Å². The molecule has 1 aromatic carbocycles. The van der Waals surface area contributed by atoms with Crippen molar-refractivity contribution in [1.82, 2.24) is 4.90 Å². The van der Waals surface area contributed by atoms with Crippen LogP contribution in [0.5, 0.6) is 0 Å². The fourth-order valence-electron chi connectivity index (χ4n) is 1.78. The number of nitrogens with zero attached hydrogens (tertiary/aromatic N) is 1. The van der Waals surface area contributed by atoms with Crippen LogP contribution in [-0.4, -0.2) is 34.6 Å². The minimum Gasteiger partial charge on any atom is -0.481 e. The average Bonchev–Trinajstić information content (AvgIpc) is 3.16. The zero-order valence-corrected chi connectivity index (χ0v) is 11.9. The number of hydrogen-bond donors (Lipinski definition) is 2. The number of amides is 2. The minimum absolute atomic E-state index is 0.0236. The summed E-state index contributed by atoms with van der Waals surface area (Å²) in [5, 5.41) is 11.5. The van der Waals surface area contributed by atoms with Crippen LogP contribution in [0.25, 0.3) is 0 Å². The number of hydrogen-bond acceptors (Lipinski definition) is 2. The van der Waals surface area contributed by atoms with Gasteiger partial charge >= 0.3 is 12.0 Å². The standard InChI is InChI=1S/C13H15BrN2O3/c14-9-1-3-10(4-2-9)15-13(19)16(11-5-6-11)8-7-12(17)18/h1-4,11H,5-8H2,(H,15,19)(H,17,18). The third kappa shape index (κ3) is 4.24. The molecule has 0 saturated heterocycles. The van der Waals surface area contributed by atoms with E-state index in [1.165, 1.54) is 0 Å². The van der Waals surface area contributed by atoms with Gasteiger partial charge < -0.3 is 15.3 Å². The van der Waals surface area contributed by atoms with Gasteiger partial charge in [-0.05, 0) is 37.1 Å². The summed E-state index contributed by atoms with van der Waals surface area (Å²) in [6, 6.07) is 7.23. The first-order valence-corrected chi connectivity index (χ1v) is 6.90. The highest BCUT2D eigenvalue weighted by atomic mass is 79.9. The molecule has 5 nitrogen and oxygen atoms in total. The predicted octanol–water partition coefficient (Wildman–Crippen LogP) is 2.92. The summed E-state index contributed by atoms with van der Waals surface area (Å²) >= 11 is 3.33. The largest absolute Gasteiger partial charge is 0.481 e. The van der Waals surface area contributed by atoms with Gasteiger partial charge in [0.2, 0.25) is 0 Å². The summed E-state index contributed by atoms with van der Waals surface area (Å²) in [5.41, 5.74) is 0.703. The molecular formula is C13H15BrN2O3. The number of carbonyl (C=O) groups is 2. The Balaban J connectivity index is 1.95. The summed E-state index contributed by atoms with van der Waals surface area (Å²) < 4.78 is 0.940. The highest BCUT2D eigenvalue weighted by molar-refractivity contribution is 9.10. The van der Waals surface area contributed by atoms with Crippen molar-refractivity contribution in [2.75, 3.05) is 11.9 Å². The molecule has 0 heterocycles. The van der Waals surface area contributed by atoms with Gasteiger partial charge in [-0.2, -0.15) is 0 Å². The molecule has 0 unspecified atom stereocenters. The summed E-state index contributed by atoms with van der Waals surface area (Å²) in [6.07, 6.45) is 1.88. The molecule has 1 aromatic rings. The molecule has 0 atom stereocenters. The van der Waals surface area contributed by atoms with E-state index in [2.05, 4.69) is 21.2 Å². The number of halogens is 1. The maximum absolute atomic E-state index is 12.1. The van der Waals surface area contributed by atoms with Crippen LogP contribution in [0.2, 0.25) is 0 Å². The van der Waals surface area contributed by atoms with Gasteiger partial charge in [0.25, 0.3) is 0 Å². The van der Waals surface area contributed by atoms with Gasteiger partial charge in [-0.25, -0.2) is 4.79 Å². The van der Waals surface area contributed by atoms with E-state index in [0.29, 0.717) is 5.69 Å². The number of carboxylic acids is 1. The molecule has 1 aliphatic rings. The molecule has 0 aromatic heterocycles. The lowest BCUT2D eigenvalue weighted by molar-refractivity contribution is -0.137. The fourth-order valence-corrected chi connectivity index (χ4v) is 2.05. The number of carboxylic acid groups (broad SMARTS) is 1. The zero-order chi connectivity index (χ0) is 13.8. The monoisotopic (exact) mass is 326 g/mol. The van der Waals surface area contributed by atoms with Crippen LogP contribution in [0.4, 0.5) is 10.5 Å². The maximum atomic E-state index is 12.1. The Morgan fingerprint density at radius 1 is 1.32 bits per heavy atom. The van der Waals surface area contributed by atoms with E-state index in [-0.39, 0.29) is 25.0 Å². The molecule has 102 valence electrons. The number of nitrogens with one attached hydrogen (secondary N) is 1. The first-order chi connectivity index (χ1) is 9.06. The fraction of sp³-hybridized carbons (Fsp3) is 0.385. The maximum Gasteiger partial charge on any atom is 0.322 e. The van der Waals surface area contributed by atoms with Crippen molar-refractivity contribution in [3.05, 3.63) is 28.7 Å². The lowest BCUT2D eigenvalue weighted by atomic mass is 10.3. The normalized spacial score (nSPS) is 13.9. The number of aliphatic carboxylic acids is 1. The molecule has 1 aliphatic carbocycles. The molecule has 19 heavy (non-hydrogen) atoms. The van der Waals surface area contributed by atoms with Crippen molar-refractivity contribution in [2.45, 2.75) is 25.3 Å². The van der Waals surface area contributed by atoms with Crippen LogP contribution in [-0.2, 0) is 4.79 Å². The quantitative estimate of drug-likeness (QED) is 0.874. The lowest BCUT2D eigenvalue weighted by Gasteiger charge is -2.22. The summed E-state index contributed by atoms with van der Waals surface area (Å²) in [4.78, 5) is 24.3. The van der Waals surface area contributed by atoms with E-state index < -0.39 is 5.97 Å². The first-order valence-electron chi connectivity index (χ1n) is 6.11. The Morgan fingerprint density at radius 3 is 2.47 bits per heavy atom. The Morgan fingerprint density at radius 2 is 1.95 bits per heavy atom. The Hall–Kier alpha value is -1.56. The van der Waals surface area contributed by atoms with Gasteiger partial charge in [-0.15, -0.1) is 0 Å². The van der Waals surface area contributed by atoms with Crippen molar-refractivity contribution in [3.63, 3.8) is 0 Å². The summed E-state index contributed by atoms with van der Waals surface area (Å²) in [7, 11) is 0. The molecule has 2 rings (SSSR count). The molecule has 0 aliphatic heterocycles. The van der Waals surface area contributed by atoms with Gasteiger partial charge in [0.15, 0.2) is 0 Å². The number of urea groups is 1. The van der Waals surface area contributed by atoms with Crippen molar-refractivity contribution in [3.8, 4) is 0 Å². The molecule has 1 fully saturated rings. The van der Waals surface area contributed by atoms with E-state index in [4.69, 9.17) is 5.11 Å². The van der Waals surface area contributed by atoms with Gasteiger partial charge in [-0.1, -0.05) is 15.9 Å². The molecule has 0 bridgehead atoms. The second-order valence-corrected chi connectivity index (χ2v) is 5.42. The van der Waals surface area contributed by atoms with Crippen molar-refractivity contribution in [2.24, 2.45) is 0 Å². The van der Waals surface area contributed by atoms with E-state index >= 15 is 0 Å². The highest BCUT2D eigenvalue weighted by Crippen LogP contribution is 2.27. The zero-order valence-electron chi connectivity index (χ0n) is 10.3. The Labute approximate surface area is 119 Å². The smallest absolute Gasteiger partial charge is 0.322 e. The number of anilines is 1. The van der Waals surface area contributed by atoms with Crippen LogP contribution in [0.1, 0.15) is 19.3 Å². The lowest BCUT2D eigenvalue weighted by Crippen LogP contribution is -2.38. The summed E-state index contributed by atoms with van der Waals surface area (Å²) in [6.45, 7) is 0.252. The van der Waals surface area contributed by atoms with Crippen LogP contribution in [0.15, 0.2) is 28.7 Å². The van der Waals surface area contributed by atoms with Crippen molar-refractivity contribution in [1.29, 1.82) is 0 Å². The van der Waals surface area contributed by atoms with Crippen molar-refractivity contribution >= 4 is 33.6 Å². The molecule has 2 amide bonds. The molecule has 0 radical (unpaired) electrons. The molecular weight excluding hydrogens is 312 g/mol. The Bertz CT molecular complexity index is 471. The van der Waals surface area contributed by atoms with E-state index in [1.807, 2.05) is 12.1 Å². The number of benzene rings is 1. The topological polar surface area (TPSA) is 69.6 Å². The SMILES string of the molecule is O=C(O)CCN(C(=O)Nc1ccc(Br)cc1)C1CC1. The predicted molar refractivity (Wildman–Crippen MR) is 75.1 cm³/mol. The van der Waals surface area contributed by atoms with E-state index in [0.717, 1.165) is 17.3 Å². The first kappa shape index (κ1) is 13.9. The minimum atomic E-state index is -0.887. The molecule has 0 spiro atoms. The van der Waals surface area contributed by atoms with Gasteiger partial charge in [-0.3, -0.25) is 4.79 Å². The van der Waals surface area contributed by atoms with E-state index in [1.54, 1.807) is 17.0 Å². The van der Waals surface area contributed by atoms with Crippen LogP contribution >= 0.6 is 15.9 Å². The van der Waals surface area contributed by atoms with Crippen LogP contribution in [0, 0.1) is 0 Å². The third-order valence-electron chi connectivity index (χ3n) is 2.91. The van der Waals surface area contributed by atoms with E-state index in [9.17, 15) is 9.59 Å². The van der Waals surface area contributed by atoms with Gasteiger partial charge in [0.1, 0.15) is 0 Å². The molecule has 6 heteroatoms. The number of carbonyl (C=O) groups excluding carboxylic acids is 1. The number of rotatable bonds is 5. The molecule has 2 N–H and O–H groups in total. The van der Waals surface area contributed by atoms with Crippen molar-refractivity contribution < 1.29 is 14.7 Å². The van der Waals surface area contributed by atoms with Crippen LogP contribution in [0.3, 0.4) is 0 Å². The third-order valence-corrected chi connectivity index (χ3v) is 3.44. The second kappa shape index (κ2) is 6.06. The molecule has 1 saturated carbocycles. The highest BCUT2D eigenvalue weighted by Gasteiger charge is 2.32. The van der Waals surface area contributed by atoms with Crippen LogP contribution < -0.4 is 5.32 Å². The van der Waals surface area contributed by atoms with Gasteiger partial charge in [0, 0.05) is 22.7 Å².